The predicted octanol–water partition coefficient (Wildman–Crippen LogP) is 25.6. The summed E-state index contributed by atoms with van der Waals surface area (Å²) in [6, 6.07) is 77.1. The third kappa shape index (κ3) is 11.1. The third-order valence-electron chi connectivity index (χ3n) is 21.6. The molecule has 2 aromatic heterocycles. The van der Waals surface area contributed by atoms with Gasteiger partial charge in [-0.25, -0.2) is 0 Å². The molecule has 4 heterocycles. The summed E-state index contributed by atoms with van der Waals surface area (Å²) >= 11 is 0. The minimum atomic E-state index is -0.580. The lowest BCUT2D eigenvalue weighted by Gasteiger charge is -2.46. The van der Waals surface area contributed by atoms with E-state index in [1.807, 2.05) is 24.3 Å². The summed E-state index contributed by atoms with van der Waals surface area (Å²) in [4.78, 5) is 6.59. The highest BCUT2D eigenvalue weighted by atomic mass is 15.2. The standard InChI is InChI=1S/C100H88BN5/c1-97(2,3)69-44-54-89-83(57-69)84-58-70(98(4,5)6)45-55-90(84)104(89)78-51-53-86-92(64-78)106(96-81(66-32-19-14-20-33-66)59-71(99(7,8)9)60-82(96)67-34-21-15-22-35-67)94-62-72(100(10,11)12)61-93-95(94)101(86)85-52-50-77(63-91(85)105(93)76-39-29-36-68(56-76)65-30-17-13-18-31-65)102(73-37-23-16-24-38-73)74-46-48-75(49-47-74)103-87-42-27-25-40-79(87)80-41-26-28-43-88(80)103/h13-64H,1-12H3/i16D,23D,24D,25D,26D,27D,28D,37D,38D,40D,41D,42D,43D. The van der Waals surface area contributed by atoms with Crippen LogP contribution in [0.3, 0.4) is 0 Å². The van der Waals surface area contributed by atoms with Crippen LogP contribution in [0, 0.1) is 0 Å². The van der Waals surface area contributed by atoms with Crippen molar-refractivity contribution >= 4 is 118 Å². The molecule has 0 bridgehead atoms. The lowest BCUT2D eigenvalue weighted by Crippen LogP contribution is -2.61. The van der Waals surface area contributed by atoms with Crippen LogP contribution in [0.2, 0.25) is 0 Å². The van der Waals surface area contributed by atoms with E-state index >= 15 is 0 Å². The van der Waals surface area contributed by atoms with Gasteiger partial charge in [-0.2, -0.15) is 0 Å². The van der Waals surface area contributed by atoms with Crippen molar-refractivity contribution in [2.75, 3.05) is 14.7 Å². The van der Waals surface area contributed by atoms with Gasteiger partial charge in [0.25, 0.3) is 6.71 Å². The van der Waals surface area contributed by atoms with E-state index in [-0.39, 0.29) is 49.4 Å². The van der Waals surface area contributed by atoms with Crippen LogP contribution < -0.4 is 31.1 Å². The van der Waals surface area contributed by atoms with Crippen LogP contribution in [0.25, 0.3) is 88.4 Å². The predicted molar refractivity (Wildman–Crippen MR) is 455 cm³/mol. The molecule has 6 heteroatoms. The molecule has 0 radical (unpaired) electrons. The molecule has 106 heavy (non-hydrogen) atoms. The molecule has 2 aliphatic rings. The Morgan fingerprint density at radius 3 is 1.29 bits per heavy atom. The Bertz CT molecular complexity index is 6710. The van der Waals surface area contributed by atoms with Crippen molar-refractivity contribution in [2.24, 2.45) is 0 Å². The first-order chi connectivity index (χ1) is 56.5. The van der Waals surface area contributed by atoms with Crippen LogP contribution in [-0.4, -0.2) is 15.8 Å². The smallest absolute Gasteiger partial charge is 0.252 e. The minimum absolute atomic E-state index is 0.0659. The number of benzene rings is 14. The SMILES string of the molecule is [2H]c1c([2H])c([2H])c(N(c2ccc(-n3c4c([2H])c([2H])c([2H])c([2H])c4c4c([2H])c([2H])c([2H])c([2H])c43)cc2)c2ccc3c(c2)N(c2cccc(-c4ccccc4)c2)c2cc(C(C)(C)C)cc4c2B3c2ccc(-n3c5ccc(C(C)(C)C)cc5c5cc(C(C)(C)C)ccc53)cc2N4c2c(-c3ccccc3)cc(C(C)(C)C)cc2-c2ccccc2)c([2H])c1[2H]. The van der Waals surface area contributed by atoms with Gasteiger partial charge in [-0.1, -0.05) is 265 Å². The average Bonchev–Trinajstić information content (AvgIpc) is 1.58. The molecule has 516 valence electrons. The number of rotatable bonds is 10. The molecule has 14 aromatic carbocycles. The van der Waals surface area contributed by atoms with Gasteiger partial charge in [0.05, 0.1) is 45.6 Å². The monoisotopic (exact) mass is 1380 g/mol. The third-order valence-corrected chi connectivity index (χ3v) is 21.6. The first-order valence-electron chi connectivity index (χ1n) is 43.1. The van der Waals surface area contributed by atoms with Crippen molar-refractivity contribution in [1.29, 1.82) is 0 Å². The Morgan fingerprint density at radius 1 is 0.292 bits per heavy atom. The molecule has 0 saturated carbocycles. The highest BCUT2D eigenvalue weighted by Gasteiger charge is 2.46. The van der Waals surface area contributed by atoms with E-state index < -0.39 is 90.7 Å². The molecule has 0 atom stereocenters. The van der Waals surface area contributed by atoms with Crippen molar-refractivity contribution in [2.45, 2.75) is 105 Å². The van der Waals surface area contributed by atoms with Gasteiger partial charge in [0, 0.05) is 89.5 Å². The number of aromatic nitrogens is 2. The largest absolute Gasteiger partial charge is 0.311 e. The van der Waals surface area contributed by atoms with E-state index in [0.717, 1.165) is 117 Å². The van der Waals surface area contributed by atoms with Crippen LogP contribution in [0.4, 0.5) is 51.2 Å². The molecular formula is C100H88BN5. The maximum absolute atomic E-state index is 9.90. The Kier molecular flexibility index (Phi) is 12.5. The number of nitrogens with zero attached hydrogens (tertiary/aromatic N) is 5. The van der Waals surface area contributed by atoms with Gasteiger partial charge < -0.3 is 23.8 Å². The summed E-state index contributed by atoms with van der Waals surface area (Å²) in [5, 5.41) is 2.17. The lowest BCUT2D eigenvalue weighted by molar-refractivity contribution is 0.590. The summed E-state index contributed by atoms with van der Waals surface area (Å²) in [6.45, 7) is 26.7. The molecule has 2 aliphatic heterocycles. The fraction of sp³-hybridized carbons (Fsp3) is 0.160. The highest BCUT2D eigenvalue weighted by molar-refractivity contribution is 7.00. The van der Waals surface area contributed by atoms with E-state index in [9.17, 15) is 11.0 Å². The molecule has 0 saturated heterocycles. The normalized spacial score (nSPS) is 14.8. The molecule has 5 nitrogen and oxygen atoms in total. The zero-order valence-corrected chi connectivity index (χ0v) is 61.8. The van der Waals surface area contributed by atoms with Crippen LogP contribution >= 0.6 is 0 Å². The molecule has 18 rings (SSSR count). The van der Waals surface area contributed by atoms with Crippen molar-refractivity contribution in [1.82, 2.24) is 9.13 Å². The molecular weight excluding hydrogens is 1280 g/mol. The zero-order valence-electron chi connectivity index (χ0n) is 74.8. The highest BCUT2D eigenvalue weighted by Crippen LogP contribution is 2.54. The Labute approximate surface area is 643 Å². The molecule has 16 aromatic rings. The molecule has 0 fully saturated rings. The van der Waals surface area contributed by atoms with Gasteiger partial charge in [-0.3, -0.25) is 0 Å². The summed E-state index contributed by atoms with van der Waals surface area (Å²) in [6.07, 6.45) is 0. The van der Waals surface area contributed by atoms with Gasteiger partial charge in [-0.05, 0) is 216 Å². The van der Waals surface area contributed by atoms with Crippen molar-refractivity contribution < 1.29 is 17.8 Å². The Balaban J connectivity index is 0.962. The number of para-hydroxylation sites is 3. The van der Waals surface area contributed by atoms with Gasteiger partial charge in [0.2, 0.25) is 0 Å². The second-order valence-electron chi connectivity index (χ2n) is 32.5. The molecule has 0 aliphatic carbocycles. The van der Waals surface area contributed by atoms with Crippen LogP contribution in [-0.2, 0) is 21.7 Å². The minimum Gasteiger partial charge on any atom is -0.311 e. The van der Waals surface area contributed by atoms with Crippen molar-refractivity contribution in [3.05, 3.63) is 337 Å². The van der Waals surface area contributed by atoms with E-state index in [4.69, 9.17) is 6.85 Å². The van der Waals surface area contributed by atoms with E-state index in [0.29, 0.717) is 11.4 Å². The number of hydrogen-bond acceptors (Lipinski definition) is 3. The maximum Gasteiger partial charge on any atom is 0.252 e. The summed E-state index contributed by atoms with van der Waals surface area (Å²) in [5.41, 5.74) is 22.0. The second-order valence-corrected chi connectivity index (χ2v) is 32.5. The lowest BCUT2D eigenvalue weighted by atomic mass is 9.33. The van der Waals surface area contributed by atoms with Crippen LogP contribution in [0.5, 0.6) is 0 Å². The van der Waals surface area contributed by atoms with Gasteiger partial charge in [-0.15, -0.1) is 0 Å². The number of hydrogen-bond donors (Lipinski definition) is 0. The first-order valence-corrected chi connectivity index (χ1v) is 36.6. The Hall–Kier alpha value is -11.9. The average molecular weight is 1380 g/mol. The fourth-order valence-corrected chi connectivity index (χ4v) is 16.1. The molecule has 0 N–H and O–H groups in total. The van der Waals surface area contributed by atoms with Crippen molar-refractivity contribution in [3.63, 3.8) is 0 Å². The Morgan fingerprint density at radius 2 is 0.745 bits per heavy atom. The quantitative estimate of drug-likeness (QED) is 0.127. The van der Waals surface area contributed by atoms with Gasteiger partial charge in [0.1, 0.15) is 0 Å². The van der Waals surface area contributed by atoms with E-state index in [2.05, 4.69) is 286 Å². The summed E-state index contributed by atoms with van der Waals surface area (Å²) in [5.74, 6) is 0. The first kappa shape index (κ1) is 53.0. The van der Waals surface area contributed by atoms with Crippen molar-refractivity contribution in [3.8, 4) is 44.8 Å². The van der Waals surface area contributed by atoms with Crippen LogP contribution in [0.15, 0.2) is 315 Å². The van der Waals surface area contributed by atoms with Crippen LogP contribution in [0.1, 0.15) is 123 Å². The second kappa shape index (κ2) is 24.9. The molecule has 0 unspecified atom stereocenters. The topological polar surface area (TPSA) is 19.6 Å². The molecule has 0 amide bonds. The van der Waals surface area contributed by atoms with Gasteiger partial charge in [0.15, 0.2) is 0 Å². The fourth-order valence-electron chi connectivity index (χ4n) is 16.1. The van der Waals surface area contributed by atoms with E-state index in [1.165, 1.54) is 21.3 Å². The molecule has 0 spiro atoms. The maximum atomic E-state index is 9.90. The van der Waals surface area contributed by atoms with E-state index in [1.54, 1.807) is 29.2 Å². The number of fused-ring (bicyclic) bond motifs is 10. The zero-order chi connectivity index (χ0) is 84.0. The number of anilines is 9. The summed E-state index contributed by atoms with van der Waals surface area (Å²) < 4.78 is 124. The summed E-state index contributed by atoms with van der Waals surface area (Å²) in [7, 11) is 0. The van der Waals surface area contributed by atoms with Gasteiger partial charge >= 0.3 is 0 Å².